The Morgan fingerprint density at radius 1 is 0.333 bits per heavy atom. The molecule has 1 aliphatic heterocycles. The van der Waals surface area contributed by atoms with Crippen LogP contribution >= 0.6 is 0 Å². The molecule has 0 fully saturated rings. The molecule has 1 rings (SSSR count). The third kappa shape index (κ3) is 21.7. The first-order valence-electron chi connectivity index (χ1n) is 18.5. The van der Waals surface area contributed by atoms with Crippen molar-refractivity contribution in [3.63, 3.8) is 0 Å². The summed E-state index contributed by atoms with van der Waals surface area (Å²) in [5.41, 5.74) is 0. The van der Waals surface area contributed by atoms with Gasteiger partial charge >= 0.3 is 0 Å². The quantitative estimate of drug-likeness (QED) is 0.0798. The van der Waals surface area contributed by atoms with E-state index in [4.69, 9.17) is 0 Å². The summed E-state index contributed by atoms with van der Waals surface area (Å²) in [6.07, 6.45) is 47.0. The van der Waals surface area contributed by atoms with E-state index in [1.807, 2.05) is 0 Å². The van der Waals surface area contributed by atoms with Gasteiger partial charge in [0.25, 0.3) is 0 Å². The van der Waals surface area contributed by atoms with Crippen LogP contribution in [0.3, 0.4) is 0 Å². The average Bonchev–Trinajstić information content (AvgIpc) is 3.33. The Bertz CT molecular complexity index is 502. The summed E-state index contributed by atoms with van der Waals surface area (Å²) in [7, 11) is 0. The number of hydrogen-bond donors (Lipinski definition) is 0. The molecule has 2 heteroatoms. The molecule has 39 heavy (non-hydrogen) atoms. The molecule has 0 spiro atoms. The third-order valence-electron chi connectivity index (χ3n) is 9.07. The second-order valence-electron chi connectivity index (χ2n) is 12.9. The molecule has 1 aliphatic rings. The minimum atomic E-state index is 0.641. The van der Waals surface area contributed by atoms with Crippen LogP contribution in [0.25, 0.3) is 0 Å². The number of hydrogen-bond acceptors (Lipinski definition) is 2. The normalized spacial score (nSPS) is 15.2. The van der Waals surface area contributed by atoms with Gasteiger partial charge < -0.3 is 9.80 Å². The largest absolute Gasteiger partial charge is 0.356 e. The molecule has 0 aliphatic carbocycles. The van der Waals surface area contributed by atoms with Crippen molar-refractivity contribution in [1.82, 2.24) is 9.80 Å². The zero-order valence-corrected chi connectivity index (χ0v) is 27.5. The molecule has 0 radical (unpaired) electrons. The van der Waals surface area contributed by atoms with Crippen molar-refractivity contribution in [3.05, 3.63) is 12.4 Å². The summed E-state index contributed by atoms with van der Waals surface area (Å²) >= 11 is 0. The van der Waals surface area contributed by atoms with Crippen LogP contribution in [0.2, 0.25) is 0 Å². The lowest BCUT2D eigenvalue weighted by Crippen LogP contribution is -2.39. The molecule has 1 heterocycles. The maximum atomic E-state index is 2.70. The van der Waals surface area contributed by atoms with Crippen LogP contribution < -0.4 is 0 Å². The van der Waals surface area contributed by atoms with E-state index in [0.717, 1.165) is 0 Å². The van der Waals surface area contributed by atoms with Crippen LogP contribution in [0.15, 0.2) is 12.4 Å². The Morgan fingerprint density at radius 3 is 0.949 bits per heavy atom. The van der Waals surface area contributed by atoms with Crippen molar-refractivity contribution >= 4 is 0 Å². The molecule has 1 atom stereocenters. The van der Waals surface area contributed by atoms with Gasteiger partial charge in [0.15, 0.2) is 0 Å². The molecule has 0 bridgehead atoms. The molecule has 2 nitrogen and oxygen atoms in total. The number of rotatable bonds is 31. The first-order chi connectivity index (χ1) is 19.3. The molecular formula is C37H74N2. The Balaban J connectivity index is 2.10. The molecule has 0 saturated carbocycles. The maximum absolute atomic E-state index is 2.70. The van der Waals surface area contributed by atoms with Gasteiger partial charge in [-0.1, -0.05) is 181 Å². The standard InChI is InChI=1S/C37H74N2/c1-4-7-10-12-14-16-18-19-20-21-23-25-27-29-32-37-38(33-30-9-6-3)35-36-39(37)34-31-28-26-24-22-17-15-13-11-8-5-2/h35-37H,4-34H2,1-3H3. The molecule has 1 unspecified atom stereocenters. The minimum absolute atomic E-state index is 0.641. The highest BCUT2D eigenvalue weighted by molar-refractivity contribution is 4.97. The van der Waals surface area contributed by atoms with Gasteiger partial charge in [-0.25, -0.2) is 0 Å². The van der Waals surface area contributed by atoms with Crippen LogP contribution in [0, 0.1) is 0 Å². The smallest absolute Gasteiger partial charge is 0.101 e. The molecule has 0 saturated heterocycles. The minimum Gasteiger partial charge on any atom is -0.356 e. The summed E-state index contributed by atoms with van der Waals surface area (Å²) in [6, 6.07) is 0. The van der Waals surface area contributed by atoms with Gasteiger partial charge in [0.2, 0.25) is 0 Å². The topological polar surface area (TPSA) is 6.48 Å². The van der Waals surface area contributed by atoms with E-state index in [1.165, 1.54) is 199 Å². The fourth-order valence-electron chi connectivity index (χ4n) is 6.36. The van der Waals surface area contributed by atoms with E-state index in [9.17, 15) is 0 Å². The van der Waals surface area contributed by atoms with E-state index >= 15 is 0 Å². The molecule has 0 aromatic carbocycles. The molecule has 232 valence electrons. The van der Waals surface area contributed by atoms with Gasteiger partial charge in [-0.05, 0) is 25.7 Å². The summed E-state index contributed by atoms with van der Waals surface area (Å²) in [6.45, 7) is 9.46. The second kappa shape index (κ2) is 28.9. The van der Waals surface area contributed by atoms with Crippen molar-refractivity contribution in [2.45, 2.75) is 213 Å². The highest BCUT2D eigenvalue weighted by Crippen LogP contribution is 2.24. The summed E-state index contributed by atoms with van der Waals surface area (Å²) in [5, 5.41) is 0. The summed E-state index contributed by atoms with van der Waals surface area (Å²) in [5.74, 6) is 0. The zero-order valence-electron chi connectivity index (χ0n) is 27.5. The van der Waals surface area contributed by atoms with Gasteiger partial charge in [0.1, 0.15) is 6.17 Å². The Morgan fingerprint density at radius 2 is 0.590 bits per heavy atom. The summed E-state index contributed by atoms with van der Waals surface area (Å²) in [4.78, 5) is 5.37. The maximum Gasteiger partial charge on any atom is 0.101 e. The third-order valence-corrected chi connectivity index (χ3v) is 9.07. The van der Waals surface area contributed by atoms with Crippen LogP contribution in [0.4, 0.5) is 0 Å². The van der Waals surface area contributed by atoms with E-state index in [2.05, 4.69) is 43.0 Å². The van der Waals surface area contributed by atoms with E-state index in [-0.39, 0.29) is 0 Å². The highest BCUT2D eigenvalue weighted by Gasteiger charge is 2.24. The first kappa shape index (κ1) is 36.4. The van der Waals surface area contributed by atoms with Crippen molar-refractivity contribution in [2.24, 2.45) is 0 Å². The Hall–Kier alpha value is -0.660. The Kier molecular flexibility index (Phi) is 26.9. The van der Waals surface area contributed by atoms with E-state index < -0.39 is 0 Å². The number of unbranched alkanes of at least 4 members (excludes halogenated alkanes) is 25. The highest BCUT2D eigenvalue weighted by atomic mass is 15.4. The fourth-order valence-corrected chi connectivity index (χ4v) is 6.36. The van der Waals surface area contributed by atoms with Crippen LogP contribution in [0.1, 0.15) is 207 Å². The van der Waals surface area contributed by atoms with Crippen molar-refractivity contribution in [1.29, 1.82) is 0 Å². The lowest BCUT2D eigenvalue weighted by Gasteiger charge is -2.33. The molecule has 0 aromatic heterocycles. The van der Waals surface area contributed by atoms with Crippen LogP contribution in [-0.4, -0.2) is 29.1 Å². The molecule has 0 aromatic rings. The van der Waals surface area contributed by atoms with Gasteiger partial charge in [-0.2, -0.15) is 0 Å². The molecule has 0 amide bonds. The van der Waals surface area contributed by atoms with E-state index in [1.54, 1.807) is 0 Å². The average molecular weight is 547 g/mol. The lowest BCUT2D eigenvalue weighted by molar-refractivity contribution is 0.135. The van der Waals surface area contributed by atoms with Crippen LogP contribution in [-0.2, 0) is 0 Å². The summed E-state index contributed by atoms with van der Waals surface area (Å²) < 4.78 is 0. The SMILES string of the molecule is CCCCCCCCCCCCCCCCC1N(CCCCC)C=CN1CCCCCCCCCCCCC. The lowest BCUT2D eigenvalue weighted by atomic mass is 10.0. The fraction of sp³-hybridized carbons (Fsp3) is 0.946. The predicted molar refractivity (Wildman–Crippen MR) is 177 cm³/mol. The molecular weight excluding hydrogens is 472 g/mol. The van der Waals surface area contributed by atoms with Crippen molar-refractivity contribution in [2.75, 3.05) is 13.1 Å². The monoisotopic (exact) mass is 547 g/mol. The Labute approximate surface area is 248 Å². The molecule has 0 N–H and O–H groups in total. The predicted octanol–water partition coefficient (Wildman–Crippen LogP) is 12.8. The van der Waals surface area contributed by atoms with Gasteiger partial charge in [-0.3, -0.25) is 0 Å². The van der Waals surface area contributed by atoms with Gasteiger partial charge in [0.05, 0.1) is 0 Å². The van der Waals surface area contributed by atoms with Crippen LogP contribution in [0.5, 0.6) is 0 Å². The van der Waals surface area contributed by atoms with Crippen molar-refractivity contribution in [3.8, 4) is 0 Å². The van der Waals surface area contributed by atoms with Gasteiger partial charge in [0, 0.05) is 25.5 Å². The van der Waals surface area contributed by atoms with Gasteiger partial charge in [-0.15, -0.1) is 0 Å². The van der Waals surface area contributed by atoms with Crippen molar-refractivity contribution < 1.29 is 0 Å². The second-order valence-corrected chi connectivity index (χ2v) is 12.9. The number of nitrogens with zero attached hydrogens (tertiary/aromatic N) is 2. The zero-order chi connectivity index (χ0) is 28.1. The first-order valence-corrected chi connectivity index (χ1v) is 18.5. The van der Waals surface area contributed by atoms with E-state index in [0.29, 0.717) is 6.17 Å².